The molecule has 0 bridgehead atoms. The number of nitrogens with one attached hydrogen (secondary N) is 2. The van der Waals surface area contributed by atoms with E-state index in [4.69, 9.17) is 14.2 Å². The summed E-state index contributed by atoms with van der Waals surface area (Å²) in [4.78, 5) is 11.9. The maximum absolute atomic E-state index is 13.0. The summed E-state index contributed by atoms with van der Waals surface area (Å²) >= 11 is 0. The number of hydrogen-bond acceptors (Lipinski definition) is 4. The Morgan fingerprint density at radius 3 is 2.44 bits per heavy atom. The van der Waals surface area contributed by atoms with E-state index in [1.807, 2.05) is 0 Å². The largest absolute Gasteiger partial charge is 0.497 e. The van der Waals surface area contributed by atoms with Crippen LogP contribution in [-0.2, 0) is 0 Å². The molecule has 134 valence electrons. The highest BCUT2D eigenvalue weighted by molar-refractivity contribution is 5.91. The molecule has 2 aromatic carbocycles. The molecule has 0 aliphatic carbocycles. The van der Waals surface area contributed by atoms with E-state index in [1.165, 1.54) is 20.3 Å². The van der Waals surface area contributed by atoms with E-state index < -0.39 is 17.7 Å². The van der Waals surface area contributed by atoms with Crippen LogP contribution in [-0.4, -0.2) is 33.4 Å². The minimum atomic E-state index is -0.992. The third-order valence-electron chi connectivity index (χ3n) is 3.20. The van der Waals surface area contributed by atoms with E-state index in [-0.39, 0.29) is 18.9 Å². The lowest BCUT2D eigenvalue weighted by atomic mass is 10.2. The Bertz CT molecular complexity index is 741. The van der Waals surface area contributed by atoms with Crippen molar-refractivity contribution in [1.82, 2.24) is 5.32 Å². The van der Waals surface area contributed by atoms with Gasteiger partial charge in [-0.05, 0) is 24.3 Å². The summed E-state index contributed by atoms with van der Waals surface area (Å²) in [5.74, 6) is -0.715. The Morgan fingerprint density at radius 2 is 1.76 bits per heavy atom. The minimum Gasteiger partial charge on any atom is -0.497 e. The molecule has 0 saturated heterocycles. The van der Waals surface area contributed by atoms with Gasteiger partial charge in [0.1, 0.15) is 23.9 Å². The average molecular weight is 352 g/mol. The molecule has 0 spiro atoms. The predicted octanol–water partition coefficient (Wildman–Crippen LogP) is 3.18. The first kappa shape index (κ1) is 18.3. The highest BCUT2D eigenvalue weighted by Gasteiger charge is 2.09. The monoisotopic (exact) mass is 352 g/mol. The third kappa shape index (κ3) is 5.23. The number of methoxy groups -OCH3 is 2. The molecular weight excluding hydrogens is 334 g/mol. The van der Waals surface area contributed by atoms with Gasteiger partial charge in [-0.2, -0.15) is 0 Å². The van der Waals surface area contributed by atoms with Crippen LogP contribution in [0.4, 0.5) is 19.3 Å². The maximum atomic E-state index is 13.0. The molecule has 2 aromatic rings. The summed E-state index contributed by atoms with van der Waals surface area (Å²) in [5.41, 5.74) is 0.445. The highest BCUT2D eigenvalue weighted by Crippen LogP contribution is 2.28. The van der Waals surface area contributed by atoms with Gasteiger partial charge in [0, 0.05) is 12.1 Å². The second kappa shape index (κ2) is 8.72. The summed E-state index contributed by atoms with van der Waals surface area (Å²) in [6.45, 7) is 0.255. The molecule has 6 nitrogen and oxygen atoms in total. The van der Waals surface area contributed by atoms with E-state index in [0.29, 0.717) is 17.2 Å². The van der Waals surface area contributed by atoms with Crippen LogP contribution in [0.3, 0.4) is 0 Å². The van der Waals surface area contributed by atoms with Crippen molar-refractivity contribution < 1.29 is 27.8 Å². The van der Waals surface area contributed by atoms with Crippen LogP contribution < -0.4 is 24.8 Å². The highest BCUT2D eigenvalue weighted by atomic mass is 19.2. The Labute approximate surface area is 143 Å². The smallest absolute Gasteiger partial charge is 0.319 e. The van der Waals surface area contributed by atoms with Gasteiger partial charge in [-0.15, -0.1) is 0 Å². The van der Waals surface area contributed by atoms with Crippen LogP contribution in [0.2, 0.25) is 0 Å². The van der Waals surface area contributed by atoms with Crippen molar-refractivity contribution in [2.24, 2.45) is 0 Å². The van der Waals surface area contributed by atoms with Gasteiger partial charge in [0.25, 0.3) is 0 Å². The zero-order valence-corrected chi connectivity index (χ0v) is 13.8. The third-order valence-corrected chi connectivity index (χ3v) is 3.20. The van der Waals surface area contributed by atoms with Crippen molar-refractivity contribution in [2.75, 3.05) is 32.7 Å². The second-order valence-electron chi connectivity index (χ2n) is 4.87. The molecule has 0 aliphatic rings. The fourth-order valence-corrected chi connectivity index (χ4v) is 1.98. The van der Waals surface area contributed by atoms with Gasteiger partial charge in [-0.3, -0.25) is 0 Å². The summed E-state index contributed by atoms with van der Waals surface area (Å²) in [7, 11) is 3.00. The Morgan fingerprint density at radius 1 is 1.00 bits per heavy atom. The van der Waals surface area contributed by atoms with Crippen molar-refractivity contribution in [3.63, 3.8) is 0 Å². The zero-order chi connectivity index (χ0) is 18.2. The quantitative estimate of drug-likeness (QED) is 0.751. The number of urea groups is 1. The number of benzene rings is 2. The average Bonchev–Trinajstić information content (AvgIpc) is 2.61. The number of carbonyl (C=O) groups excluding carboxylic acids is 1. The molecule has 0 heterocycles. The lowest BCUT2D eigenvalue weighted by molar-refractivity contribution is 0.247. The van der Waals surface area contributed by atoms with Crippen molar-refractivity contribution in [3.8, 4) is 17.2 Å². The molecule has 0 atom stereocenters. The lowest BCUT2D eigenvalue weighted by Crippen LogP contribution is -2.32. The van der Waals surface area contributed by atoms with Gasteiger partial charge in [0.15, 0.2) is 11.6 Å². The van der Waals surface area contributed by atoms with Crippen molar-refractivity contribution in [1.29, 1.82) is 0 Å². The van der Waals surface area contributed by atoms with Crippen LogP contribution in [0.5, 0.6) is 17.2 Å². The maximum Gasteiger partial charge on any atom is 0.319 e. The lowest BCUT2D eigenvalue weighted by Gasteiger charge is -2.13. The van der Waals surface area contributed by atoms with Gasteiger partial charge in [0.05, 0.1) is 26.5 Å². The molecule has 0 saturated carbocycles. The molecule has 8 heteroatoms. The van der Waals surface area contributed by atoms with E-state index in [1.54, 1.807) is 18.2 Å². The molecule has 25 heavy (non-hydrogen) atoms. The van der Waals surface area contributed by atoms with Crippen LogP contribution >= 0.6 is 0 Å². The SMILES string of the molecule is COc1ccc(OC)c(NC(=O)NCCOc2ccc(F)c(F)c2)c1. The number of carbonyl (C=O) groups is 1. The molecule has 0 aliphatic heterocycles. The summed E-state index contributed by atoms with van der Waals surface area (Å²) < 4.78 is 41.3. The standard InChI is InChI=1S/C17H18F2N2O4/c1-23-11-4-6-16(24-2)15(10-11)21-17(22)20-7-8-25-12-3-5-13(18)14(19)9-12/h3-6,9-10H,7-8H2,1-2H3,(H2,20,21,22). The first-order valence-corrected chi connectivity index (χ1v) is 7.38. The van der Waals surface area contributed by atoms with Gasteiger partial charge >= 0.3 is 6.03 Å². The van der Waals surface area contributed by atoms with Gasteiger partial charge in [-0.25, -0.2) is 13.6 Å². The van der Waals surface area contributed by atoms with E-state index >= 15 is 0 Å². The zero-order valence-electron chi connectivity index (χ0n) is 13.8. The molecule has 0 fully saturated rings. The Hall–Kier alpha value is -3.03. The molecule has 2 rings (SSSR count). The second-order valence-corrected chi connectivity index (χ2v) is 4.87. The van der Waals surface area contributed by atoms with Gasteiger partial charge < -0.3 is 24.8 Å². The number of halogens is 2. The number of hydrogen-bond donors (Lipinski definition) is 2. The Kier molecular flexibility index (Phi) is 6.39. The topological polar surface area (TPSA) is 68.8 Å². The van der Waals surface area contributed by atoms with Crippen molar-refractivity contribution >= 4 is 11.7 Å². The molecular formula is C17H18F2N2O4. The number of rotatable bonds is 7. The van der Waals surface area contributed by atoms with Crippen molar-refractivity contribution in [3.05, 3.63) is 48.0 Å². The molecule has 2 amide bonds. The normalized spacial score (nSPS) is 10.1. The summed E-state index contributed by atoms with van der Waals surface area (Å²) in [6.07, 6.45) is 0. The van der Waals surface area contributed by atoms with Crippen LogP contribution in [0, 0.1) is 11.6 Å². The summed E-state index contributed by atoms with van der Waals surface area (Å²) in [6, 6.07) is 7.74. The Balaban J connectivity index is 1.81. The predicted molar refractivity (Wildman–Crippen MR) is 88.4 cm³/mol. The van der Waals surface area contributed by atoms with E-state index in [0.717, 1.165) is 12.1 Å². The number of anilines is 1. The molecule has 2 N–H and O–H groups in total. The summed E-state index contributed by atoms with van der Waals surface area (Å²) in [5, 5.41) is 5.21. The van der Waals surface area contributed by atoms with E-state index in [9.17, 15) is 13.6 Å². The first-order valence-electron chi connectivity index (χ1n) is 7.38. The van der Waals surface area contributed by atoms with Crippen LogP contribution in [0.15, 0.2) is 36.4 Å². The minimum absolute atomic E-state index is 0.0910. The fraction of sp³-hybridized carbons (Fsp3) is 0.235. The van der Waals surface area contributed by atoms with Crippen molar-refractivity contribution in [2.45, 2.75) is 0 Å². The molecule has 0 aromatic heterocycles. The fourth-order valence-electron chi connectivity index (χ4n) is 1.98. The first-order chi connectivity index (χ1) is 12.0. The molecule has 0 unspecified atom stereocenters. The van der Waals surface area contributed by atoms with Crippen LogP contribution in [0.25, 0.3) is 0 Å². The van der Waals surface area contributed by atoms with E-state index in [2.05, 4.69) is 10.6 Å². The number of amides is 2. The van der Waals surface area contributed by atoms with Gasteiger partial charge in [-0.1, -0.05) is 0 Å². The number of ether oxygens (including phenoxy) is 3. The van der Waals surface area contributed by atoms with Crippen LogP contribution in [0.1, 0.15) is 0 Å². The van der Waals surface area contributed by atoms with Gasteiger partial charge in [0.2, 0.25) is 0 Å². The molecule has 0 radical (unpaired) electrons.